The molecule has 3 rings (SSSR count). The monoisotopic (exact) mass is 399 g/mol. The average Bonchev–Trinajstić information content (AvgIpc) is 2.73. The van der Waals surface area contributed by atoms with Crippen LogP contribution in [-0.2, 0) is 4.79 Å². The molecule has 1 aliphatic heterocycles. The van der Waals surface area contributed by atoms with E-state index in [1.165, 1.54) is 12.6 Å². The van der Waals surface area contributed by atoms with Crippen molar-refractivity contribution >= 4 is 17.3 Å². The van der Waals surface area contributed by atoms with Crippen molar-refractivity contribution in [1.82, 2.24) is 4.90 Å². The van der Waals surface area contributed by atoms with E-state index in [1.54, 1.807) is 31.4 Å². The lowest BCUT2D eigenvalue weighted by molar-refractivity contribution is -0.114. The summed E-state index contributed by atoms with van der Waals surface area (Å²) in [6.07, 6.45) is -0.558. The lowest BCUT2D eigenvalue weighted by Crippen LogP contribution is -2.49. The van der Waals surface area contributed by atoms with E-state index in [9.17, 15) is 9.90 Å². The number of aliphatic hydroxyl groups excluding tert-OH is 1. The van der Waals surface area contributed by atoms with Crippen molar-refractivity contribution < 1.29 is 19.4 Å². The maximum atomic E-state index is 11.0. The second kappa shape index (κ2) is 10.1. The van der Waals surface area contributed by atoms with E-state index in [4.69, 9.17) is 9.47 Å². The molecule has 156 valence electrons. The Kier molecular flexibility index (Phi) is 7.32. The number of hydrogen-bond donors (Lipinski definition) is 2. The van der Waals surface area contributed by atoms with Crippen molar-refractivity contribution in [1.29, 1.82) is 0 Å². The Labute approximate surface area is 171 Å². The van der Waals surface area contributed by atoms with Crippen molar-refractivity contribution in [2.45, 2.75) is 13.0 Å². The van der Waals surface area contributed by atoms with Gasteiger partial charge in [0.25, 0.3) is 0 Å². The Balaban J connectivity index is 1.39. The first-order valence-electron chi connectivity index (χ1n) is 9.83. The number of aliphatic hydroxyl groups is 1. The maximum absolute atomic E-state index is 11.0. The number of anilines is 2. The molecule has 2 aromatic rings. The van der Waals surface area contributed by atoms with Crippen LogP contribution in [0.5, 0.6) is 11.5 Å². The molecule has 1 heterocycles. The van der Waals surface area contributed by atoms with Crippen LogP contribution in [0.15, 0.2) is 48.5 Å². The smallest absolute Gasteiger partial charge is 0.221 e. The molecule has 1 saturated heterocycles. The first kappa shape index (κ1) is 21.0. The molecule has 1 fully saturated rings. The van der Waals surface area contributed by atoms with Crippen LogP contribution in [0.4, 0.5) is 11.4 Å². The number of carbonyl (C=O) groups is 1. The number of carbonyl (C=O) groups excluding carboxylic acids is 1. The predicted octanol–water partition coefficient (Wildman–Crippen LogP) is 2.22. The van der Waals surface area contributed by atoms with E-state index in [2.05, 4.69) is 27.2 Å². The molecule has 2 N–H and O–H groups in total. The predicted molar refractivity (Wildman–Crippen MR) is 114 cm³/mol. The van der Waals surface area contributed by atoms with Crippen molar-refractivity contribution in [3.63, 3.8) is 0 Å². The molecule has 2 aromatic carbocycles. The third kappa shape index (κ3) is 6.37. The van der Waals surface area contributed by atoms with Gasteiger partial charge in [-0.1, -0.05) is 0 Å². The summed E-state index contributed by atoms with van der Waals surface area (Å²) in [7, 11) is 1.67. The first-order valence-corrected chi connectivity index (χ1v) is 9.83. The van der Waals surface area contributed by atoms with Crippen LogP contribution < -0.4 is 19.7 Å². The summed E-state index contributed by atoms with van der Waals surface area (Å²) in [5.74, 6) is 1.42. The highest BCUT2D eigenvalue weighted by molar-refractivity contribution is 5.88. The van der Waals surface area contributed by atoms with Gasteiger partial charge in [-0.05, 0) is 48.5 Å². The Hall–Kier alpha value is -2.77. The molecule has 29 heavy (non-hydrogen) atoms. The maximum Gasteiger partial charge on any atom is 0.221 e. The summed E-state index contributed by atoms with van der Waals surface area (Å²) in [5, 5.41) is 13.0. The number of ether oxygens (including phenoxy) is 2. The molecule has 1 unspecified atom stereocenters. The van der Waals surface area contributed by atoms with Crippen LogP contribution in [0.3, 0.4) is 0 Å². The molecule has 7 heteroatoms. The van der Waals surface area contributed by atoms with Crippen molar-refractivity contribution in [2.75, 3.05) is 56.7 Å². The molecule has 0 radical (unpaired) electrons. The van der Waals surface area contributed by atoms with Gasteiger partial charge in [0.15, 0.2) is 0 Å². The third-order valence-electron chi connectivity index (χ3n) is 4.90. The van der Waals surface area contributed by atoms with Gasteiger partial charge in [0.1, 0.15) is 24.2 Å². The average molecular weight is 399 g/mol. The zero-order valence-electron chi connectivity index (χ0n) is 17.0. The summed E-state index contributed by atoms with van der Waals surface area (Å²) in [5.41, 5.74) is 1.91. The van der Waals surface area contributed by atoms with Gasteiger partial charge in [-0.3, -0.25) is 9.69 Å². The van der Waals surface area contributed by atoms with Gasteiger partial charge in [0.05, 0.1) is 7.11 Å². The van der Waals surface area contributed by atoms with Crippen LogP contribution in [-0.4, -0.2) is 68.5 Å². The molecule has 1 aliphatic rings. The fourth-order valence-electron chi connectivity index (χ4n) is 3.36. The quantitative estimate of drug-likeness (QED) is 0.709. The number of amides is 1. The third-order valence-corrected chi connectivity index (χ3v) is 4.90. The van der Waals surface area contributed by atoms with E-state index >= 15 is 0 Å². The SMILES string of the molecule is COc1ccc(N2CCN(CC(O)COc3ccc(NC(C)=O)cc3)CC2)cc1. The lowest BCUT2D eigenvalue weighted by Gasteiger charge is -2.36. The zero-order chi connectivity index (χ0) is 20.6. The molecular formula is C22H29N3O4. The van der Waals surface area contributed by atoms with Crippen molar-refractivity contribution in [3.05, 3.63) is 48.5 Å². The summed E-state index contributed by atoms with van der Waals surface area (Å²) in [6, 6.07) is 15.2. The molecule has 0 aromatic heterocycles. The highest BCUT2D eigenvalue weighted by atomic mass is 16.5. The minimum atomic E-state index is -0.558. The van der Waals surface area contributed by atoms with Gasteiger partial charge in [-0.2, -0.15) is 0 Å². The van der Waals surface area contributed by atoms with E-state index in [0.717, 1.165) is 37.6 Å². The minimum Gasteiger partial charge on any atom is -0.497 e. The van der Waals surface area contributed by atoms with E-state index in [-0.39, 0.29) is 12.5 Å². The number of rotatable bonds is 8. The van der Waals surface area contributed by atoms with Crippen LogP contribution in [0.1, 0.15) is 6.92 Å². The fourth-order valence-corrected chi connectivity index (χ4v) is 3.36. The van der Waals surface area contributed by atoms with Gasteiger partial charge < -0.3 is 24.8 Å². The number of β-amino-alcohol motifs (C(OH)–C–C–N with tert-alkyl or cyclic N) is 1. The fraction of sp³-hybridized carbons (Fsp3) is 0.409. The number of benzene rings is 2. The summed E-state index contributed by atoms with van der Waals surface area (Å²) >= 11 is 0. The molecule has 7 nitrogen and oxygen atoms in total. The molecule has 0 spiro atoms. The number of nitrogens with zero attached hydrogens (tertiary/aromatic N) is 2. The molecule has 0 saturated carbocycles. The Morgan fingerprint density at radius 3 is 2.24 bits per heavy atom. The number of nitrogens with one attached hydrogen (secondary N) is 1. The number of methoxy groups -OCH3 is 1. The summed E-state index contributed by atoms with van der Waals surface area (Å²) < 4.78 is 10.9. The van der Waals surface area contributed by atoms with Gasteiger partial charge >= 0.3 is 0 Å². The van der Waals surface area contributed by atoms with Crippen molar-refractivity contribution in [3.8, 4) is 11.5 Å². The normalized spacial score (nSPS) is 15.6. The van der Waals surface area contributed by atoms with Crippen LogP contribution in [0.2, 0.25) is 0 Å². The Morgan fingerprint density at radius 2 is 1.66 bits per heavy atom. The lowest BCUT2D eigenvalue weighted by atomic mass is 10.2. The van der Waals surface area contributed by atoms with Crippen LogP contribution in [0.25, 0.3) is 0 Å². The standard InChI is InChI=1S/C22H29N3O4/c1-17(26)23-18-3-7-22(8-4-18)29-16-20(27)15-24-11-13-25(14-12-24)19-5-9-21(28-2)10-6-19/h3-10,20,27H,11-16H2,1-2H3,(H,23,26). The van der Waals surface area contributed by atoms with Gasteiger partial charge in [-0.25, -0.2) is 0 Å². The topological polar surface area (TPSA) is 74.3 Å². The highest BCUT2D eigenvalue weighted by Gasteiger charge is 2.20. The second-order valence-electron chi connectivity index (χ2n) is 7.16. The zero-order valence-corrected chi connectivity index (χ0v) is 17.0. The molecular weight excluding hydrogens is 370 g/mol. The summed E-state index contributed by atoms with van der Waals surface area (Å²) in [4.78, 5) is 15.6. The Morgan fingerprint density at radius 1 is 1.03 bits per heavy atom. The summed E-state index contributed by atoms with van der Waals surface area (Å²) in [6.45, 7) is 5.92. The van der Waals surface area contributed by atoms with E-state index in [0.29, 0.717) is 12.3 Å². The van der Waals surface area contributed by atoms with Crippen molar-refractivity contribution in [2.24, 2.45) is 0 Å². The number of hydrogen-bond acceptors (Lipinski definition) is 6. The Bertz CT molecular complexity index is 772. The molecule has 1 amide bonds. The van der Waals surface area contributed by atoms with Gasteiger partial charge in [-0.15, -0.1) is 0 Å². The molecule has 1 atom stereocenters. The molecule has 0 aliphatic carbocycles. The van der Waals surface area contributed by atoms with E-state index in [1.807, 2.05) is 12.1 Å². The van der Waals surface area contributed by atoms with Gasteiger partial charge in [0.2, 0.25) is 5.91 Å². The van der Waals surface area contributed by atoms with Crippen LogP contribution >= 0.6 is 0 Å². The van der Waals surface area contributed by atoms with Crippen LogP contribution in [0, 0.1) is 0 Å². The van der Waals surface area contributed by atoms with Gasteiger partial charge in [0, 0.05) is 51.0 Å². The van der Waals surface area contributed by atoms with E-state index < -0.39 is 6.10 Å². The largest absolute Gasteiger partial charge is 0.497 e. The first-order chi connectivity index (χ1) is 14.0. The highest BCUT2D eigenvalue weighted by Crippen LogP contribution is 2.21. The number of piperazine rings is 1. The minimum absolute atomic E-state index is 0.110. The molecule has 0 bridgehead atoms. The second-order valence-corrected chi connectivity index (χ2v) is 7.16.